The fourth-order valence-corrected chi connectivity index (χ4v) is 3.22. The average molecular weight is 419 g/mol. The van der Waals surface area contributed by atoms with Gasteiger partial charge in [0.2, 0.25) is 15.9 Å². The Morgan fingerprint density at radius 1 is 1.10 bits per heavy atom. The van der Waals surface area contributed by atoms with Crippen LogP contribution >= 0.6 is 0 Å². The average Bonchev–Trinajstić information content (AvgIpc) is 2.61. The molecular weight excluding hydrogens is 391 g/mol. The predicted molar refractivity (Wildman–Crippen MR) is 116 cm³/mol. The summed E-state index contributed by atoms with van der Waals surface area (Å²) in [6.45, 7) is 6.77. The topological polar surface area (TPSA) is 75.3 Å². The second kappa shape index (κ2) is 9.22. The lowest BCUT2D eigenvalue weighted by Crippen LogP contribution is -2.23. The molecule has 0 aliphatic rings. The zero-order valence-electron chi connectivity index (χ0n) is 17.1. The highest BCUT2D eigenvalue weighted by molar-refractivity contribution is 7.92. The van der Waals surface area contributed by atoms with Crippen molar-refractivity contribution in [2.24, 2.45) is 0 Å². The number of benzene rings is 2. The van der Waals surface area contributed by atoms with E-state index < -0.39 is 15.8 Å². The number of hydrogen-bond donors (Lipinski definition) is 2. The van der Waals surface area contributed by atoms with E-state index in [4.69, 9.17) is 0 Å². The summed E-state index contributed by atoms with van der Waals surface area (Å²) in [5.74, 6) is -0.890. The molecule has 0 aromatic heterocycles. The van der Waals surface area contributed by atoms with E-state index in [1.807, 2.05) is 12.1 Å². The summed E-state index contributed by atoms with van der Waals surface area (Å²) in [4.78, 5) is 12.0. The van der Waals surface area contributed by atoms with Crippen molar-refractivity contribution in [2.45, 2.75) is 32.6 Å². The van der Waals surface area contributed by atoms with E-state index in [-0.39, 0.29) is 17.0 Å². The third kappa shape index (κ3) is 7.69. The van der Waals surface area contributed by atoms with Crippen LogP contribution in [0.25, 0.3) is 6.08 Å². The van der Waals surface area contributed by atoms with Crippen molar-refractivity contribution in [1.29, 1.82) is 0 Å². The second-order valence-corrected chi connectivity index (χ2v) is 9.68. The number of carbonyl (C=O) groups excluding carboxylic acids is 1. The third-order valence-corrected chi connectivity index (χ3v) is 4.84. The lowest BCUT2D eigenvalue weighted by atomic mass is 9.87. The summed E-state index contributed by atoms with van der Waals surface area (Å²) in [6, 6.07) is 12.3. The van der Waals surface area contributed by atoms with Crippen molar-refractivity contribution < 1.29 is 17.6 Å². The molecule has 5 nitrogen and oxygen atoms in total. The van der Waals surface area contributed by atoms with Gasteiger partial charge in [-0.05, 0) is 46.7 Å². The Labute approximate surface area is 172 Å². The van der Waals surface area contributed by atoms with Crippen LogP contribution in [0.15, 0.2) is 48.5 Å². The zero-order valence-corrected chi connectivity index (χ0v) is 17.9. The number of nitrogens with one attached hydrogen (secondary N) is 2. The van der Waals surface area contributed by atoms with Crippen LogP contribution in [0, 0.1) is 5.82 Å². The molecule has 1 amide bonds. The minimum absolute atomic E-state index is 0.0815. The summed E-state index contributed by atoms with van der Waals surface area (Å²) in [5.41, 5.74) is 2.80. The van der Waals surface area contributed by atoms with Gasteiger partial charge < -0.3 is 5.32 Å². The van der Waals surface area contributed by atoms with E-state index in [9.17, 15) is 17.6 Å². The molecule has 0 heterocycles. The third-order valence-electron chi connectivity index (χ3n) is 4.25. The quantitative estimate of drug-likeness (QED) is 0.671. The fourth-order valence-electron chi connectivity index (χ4n) is 2.65. The van der Waals surface area contributed by atoms with Crippen LogP contribution in [0.1, 0.15) is 37.5 Å². The van der Waals surface area contributed by atoms with E-state index in [0.29, 0.717) is 18.5 Å². The molecule has 2 N–H and O–H groups in total. The van der Waals surface area contributed by atoms with Crippen LogP contribution in [0.3, 0.4) is 0 Å². The van der Waals surface area contributed by atoms with Gasteiger partial charge in [-0.2, -0.15) is 0 Å². The summed E-state index contributed by atoms with van der Waals surface area (Å²) in [7, 11) is -3.53. The molecule has 0 radical (unpaired) electrons. The monoisotopic (exact) mass is 418 g/mol. The number of sulfonamides is 1. The van der Waals surface area contributed by atoms with Gasteiger partial charge in [0.15, 0.2) is 0 Å². The van der Waals surface area contributed by atoms with Gasteiger partial charge in [0.1, 0.15) is 5.82 Å². The lowest BCUT2D eigenvalue weighted by Gasteiger charge is -2.18. The normalized spacial score (nSPS) is 12.2. The Balaban J connectivity index is 1.85. The first-order chi connectivity index (χ1) is 13.4. The van der Waals surface area contributed by atoms with Crippen molar-refractivity contribution in [2.75, 3.05) is 17.5 Å². The molecule has 0 spiro atoms. The number of carbonyl (C=O) groups is 1. The highest BCUT2D eigenvalue weighted by atomic mass is 32.2. The molecule has 2 aromatic rings. The number of anilines is 1. The minimum Gasteiger partial charge on any atom is -0.352 e. The summed E-state index contributed by atoms with van der Waals surface area (Å²) < 4.78 is 38.4. The molecule has 29 heavy (non-hydrogen) atoms. The lowest BCUT2D eigenvalue weighted by molar-refractivity contribution is -0.116. The van der Waals surface area contributed by atoms with Crippen LogP contribution in [0.4, 0.5) is 10.1 Å². The van der Waals surface area contributed by atoms with E-state index >= 15 is 0 Å². The molecule has 0 atom stereocenters. The van der Waals surface area contributed by atoms with Crippen molar-refractivity contribution in [3.63, 3.8) is 0 Å². The van der Waals surface area contributed by atoms with Crippen LogP contribution in [-0.4, -0.2) is 27.1 Å². The molecule has 0 bridgehead atoms. The summed E-state index contributed by atoms with van der Waals surface area (Å²) in [6.07, 6.45) is 4.59. The maximum atomic E-state index is 14.0. The van der Waals surface area contributed by atoms with Crippen LogP contribution in [0.2, 0.25) is 0 Å². The maximum absolute atomic E-state index is 14.0. The summed E-state index contributed by atoms with van der Waals surface area (Å²) in [5, 5.41) is 2.75. The van der Waals surface area contributed by atoms with Crippen molar-refractivity contribution in [1.82, 2.24) is 5.32 Å². The highest BCUT2D eigenvalue weighted by Gasteiger charge is 2.12. The molecule has 2 aromatic carbocycles. The Morgan fingerprint density at radius 2 is 1.76 bits per heavy atom. The molecule has 0 aliphatic carbocycles. The Morgan fingerprint density at radius 3 is 2.31 bits per heavy atom. The van der Waals surface area contributed by atoms with Gasteiger partial charge in [-0.3, -0.25) is 9.52 Å². The molecule has 0 saturated heterocycles. The largest absolute Gasteiger partial charge is 0.352 e. The first-order valence-corrected chi connectivity index (χ1v) is 11.2. The molecule has 156 valence electrons. The van der Waals surface area contributed by atoms with Gasteiger partial charge >= 0.3 is 0 Å². The number of rotatable bonds is 7. The van der Waals surface area contributed by atoms with E-state index in [2.05, 4.69) is 42.9 Å². The van der Waals surface area contributed by atoms with Gasteiger partial charge in [-0.25, -0.2) is 12.8 Å². The first kappa shape index (κ1) is 22.6. The molecule has 0 aliphatic heterocycles. The van der Waals surface area contributed by atoms with Crippen molar-refractivity contribution in [3.8, 4) is 0 Å². The summed E-state index contributed by atoms with van der Waals surface area (Å²) >= 11 is 0. The van der Waals surface area contributed by atoms with E-state index in [0.717, 1.165) is 11.8 Å². The zero-order chi connectivity index (χ0) is 21.7. The molecule has 0 unspecified atom stereocenters. The Hall–Kier alpha value is -2.67. The number of halogens is 1. The highest BCUT2D eigenvalue weighted by Crippen LogP contribution is 2.22. The predicted octanol–water partition coefficient (Wildman–Crippen LogP) is 3.87. The second-order valence-electron chi connectivity index (χ2n) is 7.93. The first-order valence-electron chi connectivity index (χ1n) is 9.27. The smallest absolute Gasteiger partial charge is 0.244 e. The van der Waals surface area contributed by atoms with Gasteiger partial charge in [0, 0.05) is 12.6 Å². The SMILES string of the molecule is CC(C)(C)c1ccc(C=CC(=O)NCCc2ccc(NS(C)(=O)=O)c(F)c2)cc1. The fraction of sp³-hybridized carbons (Fsp3) is 0.318. The molecule has 0 saturated carbocycles. The van der Waals surface area contributed by atoms with Crippen LogP contribution < -0.4 is 10.0 Å². The molecule has 2 rings (SSSR count). The van der Waals surface area contributed by atoms with Crippen LogP contribution in [-0.2, 0) is 26.7 Å². The van der Waals surface area contributed by atoms with Gasteiger partial charge in [0.25, 0.3) is 0 Å². The number of amides is 1. The van der Waals surface area contributed by atoms with E-state index in [1.165, 1.54) is 23.8 Å². The molecule has 0 fully saturated rings. The Kier molecular flexibility index (Phi) is 7.19. The van der Waals surface area contributed by atoms with Gasteiger partial charge in [-0.15, -0.1) is 0 Å². The van der Waals surface area contributed by atoms with E-state index in [1.54, 1.807) is 12.1 Å². The standard InChI is InChI=1S/C22H27FN2O3S/c1-22(2,3)18-9-5-16(6-10-18)8-12-21(26)24-14-13-17-7-11-20(19(23)15-17)25-29(4,27)28/h5-12,15,25H,13-14H2,1-4H3,(H,24,26). The number of hydrogen-bond acceptors (Lipinski definition) is 3. The van der Waals surface area contributed by atoms with Crippen molar-refractivity contribution in [3.05, 3.63) is 71.0 Å². The van der Waals surface area contributed by atoms with Gasteiger partial charge in [0.05, 0.1) is 11.9 Å². The van der Waals surface area contributed by atoms with Crippen LogP contribution in [0.5, 0.6) is 0 Å². The molecule has 7 heteroatoms. The van der Waals surface area contributed by atoms with Crippen molar-refractivity contribution >= 4 is 27.7 Å². The maximum Gasteiger partial charge on any atom is 0.244 e. The van der Waals surface area contributed by atoms with Gasteiger partial charge in [-0.1, -0.05) is 51.1 Å². The molecular formula is C22H27FN2O3S. The Bertz CT molecular complexity index is 992. The minimum atomic E-state index is -3.53.